The summed E-state index contributed by atoms with van der Waals surface area (Å²) < 4.78 is 5.92. The molecule has 0 spiro atoms. The largest absolute Gasteiger partial charge is 0.143 e. The number of thiophene rings is 6. The molecule has 140 valence electrons. The van der Waals surface area contributed by atoms with Gasteiger partial charge in [-0.2, -0.15) is 0 Å². The van der Waals surface area contributed by atoms with Gasteiger partial charge in [0.15, 0.2) is 0 Å². The summed E-state index contributed by atoms with van der Waals surface area (Å²) in [4.78, 5) is 7.20. The molecule has 0 unspecified atom stereocenters. The van der Waals surface area contributed by atoms with E-state index in [1.807, 2.05) is 68.0 Å². The number of fused-ring (bicyclic) bond motifs is 5. The van der Waals surface area contributed by atoms with Crippen LogP contribution in [0, 0.1) is 0 Å². The summed E-state index contributed by atoms with van der Waals surface area (Å²) in [6.07, 6.45) is 3.78. The summed E-state index contributed by atoms with van der Waals surface area (Å²) in [6, 6.07) is 13.9. The molecule has 6 rings (SSSR count). The Labute approximate surface area is 187 Å². The second-order valence-corrected chi connectivity index (χ2v) is 13.6. The van der Waals surface area contributed by atoms with Crippen molar-refractivity contribution in [2.45, 2.75) is 26.2 Å². The van der Waals surface area contributed by atoms with E-state index < -0.39 is 0 Å². The van der Waals surface area contributed by atoms with Gasteiger partial charge in [-0.15, -0.1) is 68.0 Å². The van der Waals surface area contributed by atoms with Crippen LogP contribution in [0.15, 0.2) is 41.8 Å². The monoisotopic (exact) mass is 472 g/mol. The predicted octanol–water partition coefficient (Wildman–Crippen LogP) is 10.2. The molecular weight excluding hydrogens is 457 g/mol. The minimum atomic E-state index is 1.22. The van der Waals surface area contributed by atoms with Gasteiger partial charge in [0.1, 0.15) is 0 Å². The molecule has 6 aromatic rings. The van der Waals surface area contributed by atoms with Crippen LogP contribution in [0.5, 0.6) is 0 Å². The number of aryl methyl sites for hydroxylation is 1. The van der Waals surface area contributed by atoms with Crippen molar-refractivity contribution < 1.29 is 0 Å². The maximum Gasteiger partial charge on any atom is 0.0893 e. The normalized spacial score (nSPS) is 12.2. The molecule has 0 radical (unpaired) electrons. The molecule has 0 saturated carbocycles. The summed E-state index contributed by atoms with van der Waals surface area (Å²) in [5.41, 5.74) is 0. The molecule has 6 aromatic heterocycles. The Hall–Kier alpha value is -1.02. The minimum Gasteiger partial charge on any atom is -0.143 e. The molecule has 0 fully saturated rings. The van der Waals surface area contributed by atoms with Crippen LogP contribution in [-0.4, -0.2) is 0 Å². The maximum atomic E-state index is 2.44. The van der Waals surface area contributed by atoms with Crippen molar-refractivity contribution >= 4 is 96.2 Å². The number of hydrogen-bond donors (Lipinski definition) is 0. The second kappa shape index (κ2) is 7.04. The van der Waals surface area contributed by atoms with Crippen molar-refractivity contribution in [3.8, 4) is 19.5 Å². The van der Waals surface area contributed by atoms with Gasteiger partial charge in [-0.1, -0.05) is 19.4 Å². The lowest BCUT2D eigenvalue weighted by Gasteiger charge is -1.92. The first-order valence-corrected chi connectivity index (χ1v) is 14.3. The first-order valence-electron chi connectivity index (χ1n) is 9.31. The smallest absolute Gasteiger partial charge is 0.0893 e. The zero-order valence-electron chi connectivity index (χ0n) is 15.1. The van der Waals surface area contributed by atoms with Crippen LogP contribution in [0.3, 0.4) is 0 Å². The number of unbranched alkanes of at least 4 members (excludes halogenated alkanes) is 1. The van der Waals surface area contributed by atoms with Gasteiger partial charge < -0.3 is 0 Å². The zero-order valence-corrected chi connectivity index (χ0v) is 20.0. The molecule has 0 aliphatic heterocycles. The fourth-order valence-electron chi connectivity index (χ4n) is 3.51. The average molecular weight is 473 g/mol. The molecule has 0 amide bonds. The quantitative estimate of drug-likeness (QED) is 0.234. The molecule has 0 aromatic carbocycles. The van der Waals surface area contributed by atoms with Crippen LogP contribution >= 0.6 is 68.0 Å². The van der Waals surface area contributed by atoms with Crippen molar-refractivity contribution in [1.82, 2.24) is 0 Å². The summed E-state index contributed by atoms with van der Waals surface area (Å²) in [5, 5.41) is 5.09. The Morgan fingerprint density at radius 3 is 2.07 bits per heavy atom. The molecular formula is C22H16S6. The van der Waals surface area contributed by atoms with Crippen LogP contribution < -0.4 is 0 Å². The lowest BCUT2D eigenvalue weighted by Crippen LogP contribution is -1.76. The van der Waals surface area contributed by atoms with Crippen LogP contribution in [0.4, 0.5) is 0 Å². The molecule has 0 saturated heterocycles. The third-order valence-corrected chi connectivity index (χ3v) is 12.4. The highest BCUT2D eigenvalue weighted by Gasteiger charge is 2.18. The molecule has 0 N–H and O–H groups in total. The van der Waals surface area contributed by atoms with E-state index in [1.165, 1.54) is 71.8 Å². The average Bonchev–Trinajstić information content (AvgIpc) is 3.48. The van der Waals surface area contributed by atoms with Gasteiger partial charge in [-0.3, -0.25) is 0 Å². The van der Waals surface area contributed by atoms with Gasteiger partial charge in [0, 0.05) is 35.2 Å². The van der Waals surface area contributed by atoms with Gasteiger partial charge in [0.05, 0.1) is 17.4 Å². The standard InChI is InChI=1S/C22H16S6/c1-2-3-5-12-7-8-16(24-12)18-11-14-20-19(28-22(14)26-18)13-10-17(25-21(13)27-20)15-6-4-9-23-15/h4,6-11H,2-3,5H2,1H3. The summed E-state index contributed by atoms with van der Waals surface area (Å²) in [6.45, 7) is 2.27. The van der Waals surface area contributed by atoms with Crippen LogP contribution in [0.2, 0.25) is 0 Å². The van der Waals surface area contributed by atoms with Crippen molar-refractivity contribution in [1.29, 1.82) is 0 Å². The first kappa shape index (κ1) is 17.8. The Kier molecular flexibility index (Phi) is 4.48. The Morgan fingerprint density at radius 2 is 1.43 bits per heavy atom. The highest BCUT2D eigenvalue weighted by atomic mass is 32.2. The summed E-state index contributed by atoms with van der Waals surface area (Å²) >= 11 is 11.7. The molecule has 28 heavy (non-hydrogen) atoms. The van der Waals surface area contributed by atoms with E-state index in [-0.39, 0.29) is 0 Å². The van der Waals surface area contributed by atoms with Crippen LogP contribution in [-0.2, 0) is 6.42 Å². The number of rotatable bonds is 5. The highest BCUT2D eigenvalue weighted by Crippen LogP contribution is 2.52. The first-order chi connectivity index (χ1) is 13.8. The van der Waals surface area contributed by atoms with E-state index in [9.17, 15) is 0 Å². The van der Waals surface area contributed by atoms with E-state index in [4.69, 9.17) is 0 Å². The van der Waals surface area contributed by atoms with E-state index in [0.717, 1.165) is 0 Å². The number of hydrogen-bond acceptors (Lipinski definition) is 6. The van der Waals surface area contributed by atoms with Crippen molar-refractivity contribution in [3.05, 3.63) is 46.7 Å². The second-order valence-electron chi connectivity index (χ2n) is 6.83. The fourth-order valence-corrected chi connectivity index (χ4v) is 11.0. The molecule has 6 heterocycles. The van der Waals surface area contributed by atoms with Gasteiger partial charge in [0.25, 0.3) is 0 Å². The molecule has 0 aliphatic rings. The lowest BCUT2D eigenvalue weighted by molar-refractivity contribution is 0.804. The summed E-state index contributed by atoms with van der Waals surface area (Å²) in [7, 11) is 0. The molecule has 0 atom stereocenters. The van der Waals surface area contributed by atoms with Crippen molar-refractivity contribution in [2.75, 3.05) is 0 Å². The zero-order chi connectivity index (χ0) is 18.7. The SMILES string of the molecule is CCCCc1ccc(-c2cc3c(s2)sc2c4cc(-c5cccs5)sc4sc32)s1. The topological polar surface area (TPSA) is 0 Å². The van der Waals surface area contributed by atoms with Gasteiger partial charge >= 0.3 is 0 Å². The lowest BCUT2D eigenvalue weighted by atomic mass is 10.2. The van der Waals surface area contributed by atoms with Crippen molar-refractivity contribution in [2.24, 2.45) is 0 Å². The molecule has 6 heteroatoms. The maximum absolute atomic E-state index is 2.44. The van der Waals surface area contributed by atoms with E-state index in [0.29, 0.717) is 0 Å². The minimum absolute atomic E-state index is 1.22. The van der Waals surface area contributed by atoms with E-state index in [1.54, 1.807) is 0 Å². The third-order valence-electron chi connectivity index (χ3n) is 4.93. The van der Waals surface area contributed by atoms with Gasteiger partial charge in [-0.05, 0) is 48.6 Å². The van der Waals surface area contributed by atoms with Crippen molar-refractivity contribution in [3.63, 3.8) is 0 Å². The third kappa shape index (κ3) is 2.85. The van der Waals surface area contributed by atoms with Crippen LogP contribution in [0.1, 0.15) is 24.6 Å². The molecule has 0 aliphatic carbocycles. The summed E-state index contributed by atoms with van der Waals surface area (Å²) in [5.74, 6) is 0. The highest BCUT2D eigenvalue weighted by molar-refractivity contribution is 7.50. The Balaban J connectivity index is 1.42. The van der Waals surface area contributed by atoms with E-state index in [2.05, 4.69) is 48.7 Å². The molecule has 0 bridgehead atoms. The van der Waals surface area contributed by atoms with Crippen LogP contribution in [0.25, 0.3) is 47.7 Å². The van der Waals surface area contributed by atoms with Gasteiger partial charge in [0.2, 0.25) is 0 Å². The Bertz CT molecular complexity index is 1400. The van der Waals surface area contributed by atoms with E-state index >= 15 is 0 Å². The van der Waals surface area contributed by atoms with Gasteiger partial charge in [-0.25, -0.2) is 0 Å². The Morgan fingerprint density at radius 1 is 0.714 bits per heavy atom. The fraction of sp³-hybridized carbons (Fsp3) is 0.182. The predicted molar refractivity (Wildman–Crippen MR) is 136 cm³/mol. The molecule has 0 nitrogen and oxygen atoms in total.